The summed E-state index contributed by atoms with van der Waals surface area (Å²) in [5.41, 5.74) is 3.23. The summed E-state index contributed by atoms with van der Waals surface area (Å²) in [6.45, 7) is 5.11. The number of benzene rings is 2. The summed E-state index contributed by atoms with van der Waals surface area (Å²) in [6, 6.07) is 15.8. The molecule has 1 amide bonds. The molecular weight excluding hydrogens is 274 g/mol. The summed E-state index contributed by atoms with van der Waals surface area (Å²) in [5.74, 6) is 0.715. The first-order chi connectivity index (χ1) is 10.7. The molecule has 2 aromatic carbocycles. The van der Waals surface area contributed by atoms with E-state index >= 15 is 0 Å². The summed E-state index contributed by atoms with van der Waals surface area (Å²) in [7, 11) is 0. The van der Waals surface area contributed by atoms with E-state index in [0.717, 1.165) is 16.9 Å². The van der Waals surface area contributed by atoms with Crippen molar-refractivity contribution >= 4 is 12.0 Å². The minimum atomic E-state index is -0.109. The lowest BCUT2D eigenvalue weighted by Gasteiger charge is -2.06. The van der Waals surface area contributed by atoms with Crippen LogP contribution >= 0.6 is 0 Å². The summed E-state index contributed by atoms with van der Waals surface area (Å²) in [6.07, 6.45) is 3.36. The molecule has 0 aliphatic carbocycles. The smallest absolute Gasteiger partial charge is 0.244 e. The Kier molecular flexibility index (Phi) is 5.78. The average Bonchev–Trinajstić information content (AvgIpc) is 2.53. The molecule has 0 unspecified atom stereocenters. The van der Waals surface area contributed by atoms with E-state index in [0.29, 0.717) is 13.2 Å². The van der Waals surface area contributed by atoms with E-state index in [4.69, 9.17) is 4.74 Å². The molecule has 0 bridgehead atoms. The van der Waals surface area contributed by atoms with Gasteiger partial charge in [-0.1, -0.05) is 42.0 Å². The van der Waals surface area contributed by atoms with Gasteiger partial charge in [-0.2, -0.15) is 0 Å². The Bertz CT molecular complexity index is 645. The third-order valence-electron chi connectivity index (χ3n) is 3.18. The number of carbonyl (C=O) groups excluding carboxylic acids is 1. The molecule has 0 saturated heterocycles. The fraction of sp³-hybridized carbons (Fsp3) is 0.211. The molecule has 0 fully saturated rings. The van der Waals surface area contributed by atoms with Gasteiger partial charge in [0.05, 0.1) is 6.61 Å². The number of carbonyl (C=O) groups is 1. The van der Waals surface area contributed by atoms with E-state index in [2.05, 4.69) is 5.32 Å². The number of rotatable bonds is 6. The van der Waals surface area contributed by atoms with Crippen molar-refractivity contribution in [1.82, 2.24) is 5.32 Å². The summed E-state index contributed by atoms with van der Waals surface area (Å²) >= 11 is 0. The highest BCUT2D eigenvalue weighted by molar-refractivity contribution is 5.91. The largest absolute Gasteiger partial charge is 0.494 e. The molecule has 3 heteroatoms. The lowest BCUT2D eigenvalue weighted by Crippen LogP contribution is -2.20. The molecule has 3 nitrogen and oxygen atoms in total. The molecule has 2 aromatic rings. The zero-order valence-corrected chi connectivity index (χ0v) is 13.0. The van der Waals surface area contributed by atoms with E-state index in [1.807, 2.05) is 68.5 Å². The molecule has 0 heterocycles. The van der Waals surface area contributed by atoms with Crippen LogP contribution in [0.25, 0.3) is 6.08 Å². The predicted octanol–water partition coefficient (Wildman–Crippen LogP) is 3.72. The molecule has 0 aliphatic heterocycles. The second-order valence-electron chi connectivity index (χ2n) is 5.04. The zero-order valence-electron chi connectivity index (χ0n) is 13.0. The number of hydrogen-bond donors (Lipinski definition) is 1. The van der Waals surface area contributed by atoms with Crippen LogP contribution in [0.4, 0.5) is 0 Å². The topological polar surface area (TPSA) is 38.3 Å². The Labute approximate surface area is 131 Å². The molecule has 0 aromatic heterocycles. The van der Waals surface area contributed by atoms with Gasteiger partial charge in [0.2, 0.25) is 5.91 Å². The molecule has 0 radical (unpaired) electrons. The van der Waals surface area contributed by atoms with Crippen molar-refractivity contribution in [2.45, 2.75) is 20.4 Å². The number of ether oxygens (including phenoxy) is 1. The van der Waals surface area contributed by atoms with E-state index in [1.165, 1.54) is 5.56 Å². The molecule has 22 heavy (non-hydrogen) atoms. The number of aryl methyl sites for hydroxylation is 1. The van der Waals surface area contributed by atoms with Crippen LogP contribution in [0.3, 0.4) is 0 Å². The first kappa shape index (κ1) is 15.8. The van der Waals surface area contributed by atoms with Crippen molar-refractivity contribution < 1.29 is 9.53 Å². The Morgan fingerprint density at radius 3 is 2.68 bits per heavy atom. The normalized spacial score (nSPS) is 10.6. The predicted molar refractivity (Wildman–Crippen MR) is 89.7 cm³/mol. The van der Waals surface area contributed by atoms with Gasteiger partial charge in [-0.3, -0.25) is 4.79 Å². The van der Waals surface area contributed by atoms with Crippen molar-refractivity contribution in [2.75, 3.05) is 6.61 Å². The van der Waals surface area contributed by atoms with Gasteiger partial charge < -0.3 is 10.1 Å². The quantitative estimate of drug-likeness (QED) is 0.825. The van der Waals surface area contributed by atoms with Gasteiger partial charge in [0.1, 0.15) is 5.75 Å². The fourth-order valence-corrected chi connectivity index (χ4v) is 2.01. The first-order valence-electron chi connectivity index (χ1n) is 7.41. The summed E-state index contributed by atoms with van der Waals surface area (Å²) < 4.78 is 5.44. The van der Waals surface area contributed by atoms with Gasteiger partial charge in [0.15, 0.2) is 0 Å². The highest BCUT2D eigenvalue weighted by atomic mass is 16.5. The van der Waals surface area contributed by atoms with Crippen LogP contribution in [-0.4, -0.2) is 12.5 Å². The van der Waals surface area contributed by atoms with Crippen LogP contribution in [0, 0.1) is 6.92 Å². The lowest BCUT2D eigenvalue weighted by molar-refractivity contribution is -0.116. The summed E-state index contributed by atoms with van der Waals surface area (Å²) in [5, 5.41) is 2.87. The minimum absolute atomic E-state index is 0.109. The summed E-state index contributed by atoms with van der Waals surface area (Å²) in [4.78, 5) is 11.8. The van der Waals surface area contributed by atoms with Gasteiger partial charge >= 0.3 is 0 Å². The number of hydrogen-bond acceptors (Lipinski definition) is 2. The molecule has 0 saturated carbocycles. The third kappa shape index (κ3) is 5.09. The second-order valence-corrected chi connectivity index (χ2v) is 5.04. The maximum atomic E-state index is 11.8. The van der Waals surface area contributed by atoms with E-state index in [-0.39, 0.29) is 5.91 Å². The molecule has 0 spiro atoms. The second kappa shape index (κ2) is 8.03. The average molecular weight is 295 g/mol. The third-order valence-corrected chi connectivity index (χ3v) is 3.18. The molecule has 114 valence electrons. The van der Waals surface area contributed by atoms with E-state index in [1.54, 1.807) is 6.08 Å². The standard InChI is InChI=1S/C19H21NO2/c1-3-22-18-6-4-5-17(13-18)14-20-19(21)12-11-16-9-7-15(2)8-10-16/h4-13H,3,14H2,1-2H3,(H,20,21)/b12-11+. The minimum Gasteiger partial charge on any atom is -0.494 e. The van der Waals surface area contributed by atoms with E-state index < -0.39 is 0 Å². The Morgan fingerprint density at radius 2 is 1.95 bits per heavy atom. The lowest BCUT2D eigenvalue weighted by atomic mass is 10.1. The van der Waals surface area contributed by atoms with Gasteiger partial charge in [-0.25, -0.2) is 0 Å². The van der Waals surface area contributed by atoms with Crippen molar-refractivity contribution in [3.05, 3.63) is 71.3 Å². The fourth-order valence-electron chi connectivity index (χ4n) is 2.01. The maximum Gasteiger partial charge on any atom is 0.244 e. The van der Waals surface area contributed by atoms with Gasteiger partial charge in [0, 0.05) is 12.6 Å². The monoisotopic (exact) mass is 295 g/mol. The Morgan fingerprint density at radius 1 is 1.18 bits per heavy atom. The Hall–Kier alpha value is -2.55. The SMILES string of the molecule is CCOc1cccc(CNC(=O)/C=C/c2ccc(C)cc2)c1. The van der Waals surface area contributed by atoms with Gasteiger partial charge in [-0.15, -0.1) is 0 Å². The van der Waals surface area contributed by atoms with Gasteiger partial charge in [-0.05, 0) is 43.2 Å². The van der Waals surface area contributed by atoms with Crippen molar-refractivity contribution in [2.24, 2.45) is 0 Å². The van der Waals surface area contributed by atoms with Crippen LogP contribution in [0.5, 0.6) is 5.75 Å². The highest BCUT2D eigenvalue weighted by Crippen LogP contribution is 2.13. The number of amides is 1. The molecule has 1 N–H and O–H groups in total. The first-order valence-corrected chi connectivity index (χ1v) is 7.41. The van der Waals surface area contributed by atoms with Crippen molar-refractivity contribution in [3.63, 3.8) is 0 Å². The molecule has 0 aliphatic rings. The van der Waals surface area contributed by atoms with Crippen molar-refractivity contribution in [3.8, 4) is 5.75 Å². The van der Waals surface area contributed by atoms with Crippen LogP contribution < -0.4 is 10.1 Å². The van der Waals surface area contributed by atoms with Crippen LogP contribution in [0.1, 0.15) is 23.6 Å². The number of nitrogens with one attached hydrogen (secondary N) is 1. The maximum absolute atomic E-state index is 11.8. The van der Waals surface area contributed by atoms with Crippen LogP contribution in [-0.2, 0) is 11.3 Å². The van der Waals surface area contributed by atoms with Gasteiger partial charge in [0.25, 0.3) is 0 Å². The van der Waals surface area contributed by atoms with E-state index in [9.17, 15) is 4.79 Å². The zero-order chi connectivity index (χ0) is 15.8. The molecular formula is C19H21NO2. The van der Waals surface area contributed by atoms with Crippen molar-refractivity contribution in [1.29, 1.82) is 0 Å². The van der Waals surface area contributed by atoms with Crippen LogP contribution in [0.15, 0.2) is 54.6 Å². The molecule has 0 atom stereocenters. The van der Waals surface area contributed by atoms with Crippen LogP contribution in [0.2, 0.25) is 0 Å². The highest BCUT2D eigenvalue weighted by Gasteiger charge is 1.99. The Balaban J connectivity index is 1.87. The molecule has 2 rings (SSSR count).